The van der Waals surface area contributed by atoms with E-state index in [0.29, 0.717) is 17.8 Å². The van der Waals surface area contributed by atoms with Crippen molar-refractivity contribution in [2.75, 3.05) is 0 Å². The molecular weight excluding hydrogens is 272 g/mol. The van der Waals surface area contributed by atoms with E-state index in [9.17, 15) is 4.79 Å². The molecule has 0 atom stereocenters. The first kappa shape index (κ1) is 12.7. The third-order valence-electron chi connectivity index (χ3n) is 2.87. The number of hydrogen-bond acceptors (Lipinski definition) is 4. The first-order valence-electron chi connectivity index (χ1n) is 6.07. The topological polar surface area (TPSA) is 48.0 Å². The number of aromatic nitrogens is 2. The average molecular weight is 284 g/mol. The maximum atomic E-state index is 10.6. The van der Waals surface area contributed by atoms with Crippen LogP contribution in [0.3, 0.4) is 0 Å². The van der Waals surface area contributed by atoms with Crippen molar-refractivity contribution < 1.29 is 9.21 Å². The van der Waals surface area contributed by atoms with Crippen molar-refractivity contribution in [3.05, 3.63) is 54.6 Å². The zero-order valence-electron chi connectivity index (χ0n) is 10.8. The predicted molar refractivity (Wildman–Crippen MR) is 76.9 cm³/mol. The summed E-state index contributed by atoms with van der Waals surface area (Å²) in [4.78, 5) is 16.0. The van der Waals surface area contributed by atoms with E-state index in [1.807, 2.05) is 42.1 Å². The van der Waals surface area contributed by atoms with Crippen molar-refractivity contribution in [2.24, 2.45) is 7.05 Å². The molecule has 3 rings (SSSR count). The molecule has 2 heterocycles. The first-order chi connectivity index (χ1) is 9.76. The Balaban J connectivity index is 1.80. The molecule has 2 aromatic heterocycles. The molecule has 0 spiro atoms. The van der Waals surface area contributed by atoms with Crippen LogP contribution >= 0.6 is 11.8 Å². The number of benzene rings is 1. The monoisotopic (exact) mass is 284 g/mol. The lowest BCUT2D eigenvalue weighted by atomic mass is 10.2. The number of rotatable bonds is 4. The van der Waals surface area contributed by atoms with E-state index in [2.05, 4.69) is 4.98 Å². The molecule has 4 nitrogen and oxygen atoms in total. The second-order valence-corrected chi connectivity index (χ2v) is 5.31. The zero-order valence-corrected chi connectivity index (χ0v) is 11.6. The quantitative estimate of drug-likeness (QED) is 0.686. The van der Waals surface area contributed by atoms with Gasteiger partial charge in [-0.3, -0.25) is 4.79 Å². The van der Waals surface area contributed by atoms with Gasteiger partial charge in [-0.15, -0.1) is 0 Å². The number of aryl methyl sites for hydroxylation is 1. The van der Waals surface area contributed by atoms with Crippen LogP contribution in [0.1, 0.15) is 10.6 Å². The Kier molecular flexibility index (Phi) is 3.43. The lowest BCUT2D eigenvalue weighted by Crippen LogP contribution is -1.88. The molecule has 0 unspecified atom stereocenters. The molecule has 0 amide bonds. The van der Waals surface area contributed by atoms with Crippen molar-refractivity contribution in [2.45, 2.75) is 10.1 Å². The highest BCUT2D eigenvalue weighted by Crippen LogP contribution is 2.29. The fourth-order valence-electron chi connectivity index (χ4n) is 1.81. The summed E-state index contributed by atoms with van der Waals surface area (Å²) in [6.45, 7) is 0. The molecule has 0 aliphatic rings. The molecule has 0 aliphatic carbocycles. The second kappa shape index (κ2) is 5.38. The van der Waals surface area contributed by atoms with E-state index in [-0.39, 0.29) is 0 Å². The van der Waals surface area contributed by atoms with Gasteiger partial charge in [-0.1, -0.05) is 23.9 Å². The van der Waals surface area contributed by atoms with Gasteiger partial charge in [0.05, 0.1) is 0 Å². The third-order valence-corrected chi connectivity index (χ3v) is 3.95. The van der Waals surface area contributed by atoms with E-state index < -0.39 is 0 Å². The third kappa shape index (κ3) is 2.53. The van der Waals surface area contributed by atoms with Crippen LogP contribution in [0.5, 0.6) is 0 Å². The molecule has 0 saturated heterocycles. The maximum absolute atomic E-state index is 10.6. The van der Waals surface area contributed by atoms with Gasteiger partial charge in [0.2, 0.25) is 0 Å². The highest BCUT2D eigenvalue weighted by molar-refractivity contribution is 7.99. The molecule has 100 valence electrons. The lowest BCUT2D eigenvalue weighted by Gasteiger charge is -2.02. The van der Waals surface area contributed by atoms with Crippen LogP contribution in [0, 0.1) is 0 Å². The van der Waals surface area contributed by atoms with Crippen LogP contribution in [0.25, 0.3) is 11.3 Å². The fraction of sp³-hybridized carbons (Fsp3) is 0.0667. The van der Waals surface area contributed by atoms with Gasteiger partial charge in [0.25, 0.3) is 0 Å². The van der Waals surface area contributed by atoms with Gasteiger partial charge < -0.3 is 8.98 Å². The summed E-state index contributed by atoms with van der Waals surface area (Å²) >= 11 is 1.60. The predicted octanol–water partition coefficient (Wildman–Crippen LogP) is 3.64. The number of nitrogens with zero attached hydrogens (tertiary/aromatic N) is 2. The van der Waals surface area contributed by atoms with E-state index >= 15 is 0 Å². The molecule has 0 radical (unpaired) electrons. The maximum Gasteiger partial charge on any atom is 0.185 e. The average Bonchev–Trinajstić information content (AvgIpc) is 3.10. The molecule has 20 heavy (non-hydrogen) atoms. The van der Waals surface area contributed by atoms with Gasteiger partial charge in [0.1, 0.15) is 5.76 Å². The minimum absolute atomic E-state index is 0.339. The highest BCUT2D eigenvalue weighted by atomic mass is 32.2. The van der Waals surface area contributed by atoms with Crippen LogP contribution in [0.15, 0.2) is 63.3 Å². The second-order valence-electron chi connectivity index (χ2n) is 4.27. The van der Waals surface area contributed by atoms with Crippen LogP contribution in [-0.4, -0.2) is 15.8 Å². The standard InChI is InChI=1S/C15H12N2O2S/c1-17-9-8-16-15(17)20-13-5-2-11(3-6-13)14-7-4-12(10-18)19-14/h2-10H,1H3. The fourth-order valence-corrected chi connectivity index (χ4v) is 2.62. The lowest BCUT2D eigenvalue weighted by molar-refractivity contribution is 0.110. The molecule has 5 heteroatoms. The van der Waals surface area contributed by atoms with Crippen molar-refractivity contribution in [1.29, 1.82) is 0 Å². The smallest absolute Gasteiger partial charge is 0.185 e. The number of furan rings is 1. The van der Waals surface area contributed by atoms with Crippen molar-refractivity contribution in [3.8, 4) is 11.3 Å². The molecule has 0 N–H and O–H groups in total. The normalized spacial score (nSPS) is 10.7. The number of aldehydes is 1. The summed E-state index contributed by atoms with van der Waals surface area (Å²) in [6.07, 6.45) is 4.40. The Morgan fingerprint density at radius 1 is 1.20 bits per heavy atom. The van der Waals surface area contributed by atoms with Crippen molar-refractivity contribution in [3.63, 3.8) is 0 Å². The van der Waals surface area contributed by atoms with Gasteiger partial charge in [0, 0.05) is 29.9 Å². The summed E-state index contributed by atoms with van der Waals surface area (Å²) < 4.78 is 7.37. The summed E-state index contributed by atoms with van der Waals surface area (Å²) in [7, 11) is 1.97. The molecule has 0 bridgehead atoms. The zero-order chi connectivity index (χ0) is 13.9. The molecule has 3 aromatic rings. The molecule has 0 fully saturated rings. The van der Waals surface area contributed by atoms with E-state index in [0.717, 1.165) is 15.6 Å². The van der Waals surface area contributed by atoms with E-state index in [4.69, 9.17) is 4.42 Å². The molecular formula is C15H12N2O2S. The van der Waals surface area contributed by atoms with Crippen LogP contribution in [0.2, 0.25) is 0 Å². The van der Waals surface area contributed by atoms with E-state index in [1.54, 1.807) is 30.1 Å². The largest absolute Gasteiger partial charge is 0.453 e. The van der Waals surface area contributed by atoms with Crippen molar-refractivity contribution >= 4 is 18.0 Å². The van der Waals surface area contributed by atoms with Crippen molar-refractivity contribution in [1.82, 2.24) is 9.55 Å². The van der Waals surface area contributed by atoms with Gasteiger partial charge >= 0.3 is 0 Å². The van der Waals surface area contributed by atoms with Gasteiger partial charge in [-0.25, -0.2) is 4.98 Å². The molecule has 0 aliphatic heterocycles. The summed E-state index contributed by atoms with van der Waals surface area (Å²) in [5, 5.41) is 0.944. The minimum atomic E-state index is 0.339. The Morgan fingerprint density at radius 2 is 2.00 bits per heavy atom. The van der Waals surface area contributed by atoms with Crippen LogP contribution in [-0.2, 0) is 7.05 Å². The van der Waals surface area contributed by atoms with Crippen LogP contribution in [0.4, 0.5) is 0 Å². The summed E-state index contributed by atoms with van der Waals surface area (Å²) in [5.41, 5.74) is 0.947. The number of carbonyl (C=O) groups excluding carboxylic acids is 1. The van der Waals surface area contributed by atoms with E-state index in [1.165, 1.54) is 0 Å². The first-order valence-corrected chi connectivity index (χ1v) is 6.88. The minimum Gasteiger partial charge on any atom is -0.453 e. The van der Waals surface area contributed by atoms with Gasteiger partial charge in [-0.2, -0.15) is 0 Å². The number of imidazole rings is 1. The molecule has 1 aromatic carbocycles. The number of carbonyl (C=O) groups is 1. The van der Waals surface area contributed by atoms with Gasteiger partial charge in [0.15, 0.2) is 17.2 Å². The Morgan fingerprint density at radius 3 is 2.60 bits per heavy atom. The SMILES string of the molecule is Cn1ccnc1Sc1ccc(-c2ccc(C=O)o2)cc1. The highest BCUT2D eigenvalue weighted by Gasteiger charge is 2.06. The Bertz CT molecular complexity index is 728. The van der Waals surface area contributed by atoms with Gasteiger partial charge in [-0.05, 0) is 24.3 Å². The summed E-state index contributed by atoms with van der Waals surface area (Å²) in [5.74, 6) is 1.03. The Hall–Kier alpha value is -2.27. The molecule has 0 saturated carbocycles. The Labute approximate surface area is 120 Å². The summed E-state index contributed by atoms with van der Waals surface area (Å²) in [6, 6.07) is 11.4. The number of hydrogen-bond donors (Lipinski definition) is 0. The van der Waals surface area contributed by atoms with Crippen LogP contribution < -0.4 is 0 Å².